The maximum absolute atomic E-state index is 12.4. The van der Waals surface area contributed by atoms with Crippen LogP contribution in [0.4, 0.5) is 11.4 Å². The van der Waals surface area contributed by atoms with E-state index in [-0.39, 0.29) is 14.9 Å². The van der Waals surface area contributed by atoms with Gasteiger partial charge in [-0.05, 0) is 49.2 Å². The van der Waals surface area contributed by atoms with Crippen LogP contribution in [-0.4, -0.2) is 47.2 Å². The van der Waals surface area contributed by atoms with Crippen LogP contribution in [0.5, 0.6) is 0 Å². The first-order valence-corrected chi connectivity index (χ1v) is 11.7. The molecule has 0 spiro atoms. The number of anilines is 2. The van der Waals surface area contributed by atoms with Crippen LogP contribution in [0.15, 0.2) is 47.4 Å². The molecule has 0 unspecified atom stereocenters. The highest BCUT2D eigenvalue weighted by Gasteiger charge is 2.22. The molecule has 10 heteroatoms. The van der Waals surface area contributed by atoms with Gasteiger partial charge < -0.3 is 15.0 Å². The van der Waals surface area contributed by atoms with Crippen molar-refractivity contribution in [2.24, 2.45) is 0 Å². The number of ether oxygens (including phenoxy) is 1. The number of benzene rings is 2. The van der Waals surface area contributed by atoms with Crippen molar-refractivity contribution < 1.29 is 17.9 Å². The Balaban J connectivity index is 1.55. The standard InChI is InChI=1S/C20H23Cl2N3O4S/c1-29-16-9-11-25(12-10-16)15-7-5-14(6-8-15)24-19(26)13-23-30(27,28)20-17(21)3-2-4-18(20)22/h2-8,16,23H,9-13H2,1H3,(H,24,26). The number of sulfonamides is 1. The van der Waals surface area contributed by atoms with E-state index in [0.29, 0.717) is 11.8 Å². The van der Waals surface area contributed by atoms with Gasteiger partial charge >= 0.3 is 0 Å². The van der Waals surface area contributed by atoms with Crippen molar-refractivity contribution in [2.45, 2.75) is 23.8 Å². The minimum absolute atomic E-state index is 0.0134. The minimum atomic E-state index is -4.03. The molecular weight excluding hydrogens is 449 g/mol. The van der Waals surface area contributed by atoms with Crippen LogP contribution in [0.25, 0.3) is 0 Å². The average molecular weight is 472 g/mol. The number of rotatable bonds is 7. The van der Waals surface area contributed by atoms with E-state index in [2.05, 4.69) is 14.9 Å². The first-order valence-electron chi connectivity index (χ1n) is 9.41. The third-order valence-corrected chi connectivity index (χ3v) is 7.26. The lowest BCUT2D eigenvalue weighted by atomic mass is 10.1. The predicted octanol–water partition coefficient (Wildman–Crippen LogP) is 3.53. The summed E-state index contributed by atoms with van der Waals surface area (Å²) in [5.41, 5.74) is 1.64. The molecule has 0 aliphatic carbocycles. The summed E-state index contributed by atoms with van der Waals surface area (Å²) in [7, 11) is -2.29. The fourth-order valence-corrected chi connectivity index (χ4v) is 5.40. The van der Waals surface area contributed by atoms with Crippen LogP contribution >= 0.6 is 23.2 Å². The van der Waals surface area contributed by atoms with Gasteiger partial charge in [0, 0.05) is 31.6 Å². The van der Waals surface area contributed by atoms with Gasteiger partial charge in [0.2, 0.25) is 15.9 Å². The maximum atomic E-state index is 12.4. The molecule has 1 saturated heterocycles. The van der Waals surface area contributed by atoms with Crippen LogP contribution in [0.3, 0.4) is 0 Å². The van der Waals surface area contributed by atoms with E-state index in [4.69, 9.17) is 27.9 Å². The summed E-state index contributed by atoms with van der Waals surface area (Å²) < 4.78 is 32.5. The Morgan fingerprint density at radius 2 is 1.70 bits per heavy atom. The highest BCUT2D eigenvalue weighted by atomic mass is 35.5. The number of halogens is 2. The second-order valence-corrected chi connectivity index (χ2v) is 9.41. The van der Waals surface area contributed by atoms with E-state index >= 15 is 0 Å². The van der Waals surface area contributed by atoms with Crippen LogP contribution in [-0.2, 0) is 19.6 Å². The van der Waals surface area contributed by atoms with Crippen LogP contribution in [0.2, 0.25) is 10.0 Å². The van der Waals surface area contributed by atoms with Crippen LogP contribution in [0, 0.1) is 0 Å². The quantitative estimate of drug-likeness (QED) is 0.644. The van der Waals surface area contributed by atoms with Crippen molar-refractivity contribution in [3.63, 3.8) is 0 Å². The Kier molecular flexibility index (Phi) is 7.60. The zero-order valence-electron chi connectivity index (χ0n) is 16.4. The van der Waals surface area contributed by atoms with E-state index in [9.17, 15) is 13.2 Å². The van der Waals surface area contributed by atoms with Crippen molar-refractivity contribution in [1.29, 1.82) is 0 Å². The molecule has 0 radical (unpaired) electrons. The molecule has 0 atom stereocenters. The second-order valence-electron chi connectivity index (χ2n) is 6.89. The number of nitrogens with zero attached hydrogens (tertiary/aromatic N) is 1. The van der Waals surface area contributed by atoms with Crippen molar-refractivity contribution >= 4 is 50.5 Å². The molecule has 0 saturated carbocycles. The Hall–Kier alpha value is -1.84. The van der Waals surface area contributed by atoms with Crippen molar-refractivity contribution in [3.05, 3.63) is 52.5 Å². The lowest BCUT2D eigenvalue weighted by Gasteiger charge is -2.33. The highest BCUT2D eigenvalue weighted by Crippen LogP contribution is 2.28. The van der Waals surface area contributed by atoms with E-state index in [0.717, 1.165) is 31.6 Å². The summed E-state index contributed by atoms with van der Waals surface area (Å²) in [5, 5.41) is 2.64. The number of nitrogens with one attached hydrogen (secondary N) is 2. The van der Waals surface area contributed by atoms with Crippen molar-refractivity contribution in [2.75, 3.05) is 37.0 Å². The smallest absolute Gasteiger partial charge is 0.244 e. The van der Waals surface area contributed by atoms with Gasteiger partial charge in [0.05, 0.1) is 22.7 Å². The van der Waals surface area contributed by atoms with Gasteiger partial charge in [0.25, 0.3) is 0 Å². The number of piperidine rings is 1. The SMILES string of the molecule is COC1CCN(c2ccc(NC(=O)CNS(=O)(=O)c3c(Cl)cccc3Cl)cc2)CC1. The van der Waals surface area contributed by atoms with Crippen LogP contribution < -0.4 is 14.9 Å². The number of methoxy groups -OCH3 is 1. The molecule has 1 heterocycles. The molecule has 2 aromatic rings. The zero-order chi connectivity index (χ0) is 21.7. The lowest BCUT2D eigenvalue weighted by molar-refractivity contribution is -0.115. The van der Waals surface area contributed by atoms with Crippen LogP contribution in [0.1, 0.15) is 12.8 Å². The largest absolute Gasteiger partial charge is 0.381 e. The molecule has 1 fully saturated rings. The van der Waals surface area contributed by atoms with Gasteiger partial charge in [-0.25, -0.2) is 13.1 Å². The summed E-state index contributed by atoms with van der Waals surface area (Å²) >= 11 is 11.9. The van der Waals surface area contributed by atoms with E-state index in [1.165, 1.54) is 12.1 Å². The number of hydrogen-bond acceptors (Lipinski definition) is 5. The zero-order valence-corrected chi connectivity index (χ0v) is 18.7. The molecule has 0 aromatic heterocycles. The molecular formula is C20H23Cl2N3O4S. The number of carbonyl (C=O) groups excluding carboxylic acids is 1. The van der Waals surface area contributed by atoms with E-state index in [1.807, 2.05) is 12.1 Å². The summed E-state index contributed by atoms with van der Waals surface area (Å²) in [6.45, 7) is 1.38. The molecule has 2 N–H and O–H groups in total. The van der Waals surface area contributed by atoms with Gasteiger partial charge in [0.15, 0.2) is 0 Å². The third-order valence-electron chi connectivity index (χ3n) is 4.90. The molecule has 1 aliphatic rings. The topological polar surface area (TPSA) is 87.7 Å². The normalized spacial score (nSPS) is 15.2. The molecule has 2 aromatic carbocycles. The predicted molar refractivity (Wildman–Crippen MR) is 119 cm³/mol. The molecule has 7 nitrogen and oxygen atoms in total. The fourth-order valence-electron chi connectivity index (χ4n) is 3.28. The number of hydrogen-bond donors (Lipinski definition) is 2. The van der Waals surface area contributed by atoms with Gasteiger partial charge in [0.1, 0.15) is 4.90 Å². The Morgan fingerprint density at radius 3 is 2.27 bits per heavy atom. The monoisotopic (exact) mass is 471 g/mol. The first kappa shape index (κ1) is 22.8. The first-order chi connectivity index (χ1) is 14.3. The minimum Gasteiger partial charge on any atom is -0.381 e. The molecule has 3 rings (SSSR count). The van der Waals surface area contributed by atoms with E-state index in [1.54, 1.807) is 25.3 Å². The van der Waals surface area contributed by atoms with Crippen molar-refractivity contribution in [1.82, 2.24) is 4.72 Å². The maximum Gasteiger partial charge on any atom is 0.244 e. The third kappa shape index (κ3) is 5.65. The molecule has 30 heavy (non-hydrogen) atoms. The second kappa shape index (κ2) is 9.98. The molecule has 1 amide bonds. The number of carbonyl (C=O) groups is 1. The summed E-state index contributed by atoms with van der Waals surface area (Å²) in [6, 6.07) is 11.8. The Morgan fingerprint density at radius 1 is 1.10 bits per heavy atom. The van der Waals surface area contributed by atoms with E-state index < -0.39 is 22.5 Å². The Labute approximate surface area is 186 Å². The van der Waals surface area contributed by atoms with Gasteiger partial charge in [-0.15, -0.1) is 0 Å². The number of amides is 1. The molecule has 1 aliphatic heterocycles. The Bertz CT molecular complexity index is 971. The van der Waals surface area contributed by atoms with Crippen molar-refractivity contribution in [3.8, 4) is 0 Å². The van der Waals surface area contributed by atoms with Gasteiger partial charge in [-0.3, -0.25) is 4.79 Å². The van der Waals surface area contributed by atoms with Gasteiger partial charge in [-0.1, -0.05) is 29.3 Å². The highest BCUT2D eigenvalue weighted by molar-refractivity contribution is 7.89. The summed E-state index contributed by atoms with van der Waals surface area (Å²) in [6.07, 6.45) is 2.26. The summed E-state index contributed by atoms with van der Waals surface area (Å²) in [4.78, 5) is 14.2. The summed E-state index contributed by atoms with van der Waals surface area (Å²) in [5.74, 6) is -0.504. The average Bonchev–Trinajstić information content (AvgIpc) is 2.73. The molecule has 0 bridgehead atoms. The fraction of sp³-hybridized carbons (Fsp3) is 0.350. The van der Waals surface area contributed by atoms with Gasteiger partial charge in [-0.2, -0.15) is 0 Å². The lowest BCUT2D eigenvalue weighted by Crippen LogP contribution is -2.36. The molecule has 162 valence electrons.